The number of hydrogen-bond donors (Lipinski definition) is 6. The van der Waals surface area contributed by atoms with E-state index < -0.39 is 89.6 Å². The summed E-state index contributed by atoms with van der Waals surface area (Å²) in [7, 11) is 0. The topological polar surface area (TPSA) is 590 Å². The fraction of sp³-hybridized carbons (Fsp3) is 0.286. The number of esters is 3. The summed E-state index contributed by atoms with van der Waals surface area (Å²) in [5.41, 5.74) is 28.8. The average molecular weight is 1060 g/mol. The van der Waals surface area contributed by atoms with E-state index in [9.17, 15) is 88.2 Å². The quantitative estimate of drug-likeness (QED) is 0.0391. The van der Waals surface area contributed by atoms with Crippen LogP contribution in [-0.4, -0.2) is 135 Å². The summed E-state index contributed by atoms with van der Waals surface area (Å²) in [6.45, 7) is 3.60. The van der Waals surface area contributed by atoms with E-state index in [-0.39, 0.29) is 118 Å². The van der Waals surface area contributed by atoms with Crippen LogP contribution in [0.3, 0.4) is 0 Å². The van der Waals surface area contributed by atoms with Crippen LogP contribution in [0.2, 0.25) is 0 Å². The fourth-order valence-electron chi connectivity index (χ4n) is 3.88. The molecule has 3 aromatic rings. The predicted octanol–water partition coefficient (Wildman–Crippen LogP) is -10.5. The Labute approximate surface area is 436 Å². The molecule has 3 aromatic carbocycles. The minimum absolute atomic E-state index is 0. The number of para-hydroxylation sites is 3. The molecule has 3 amide bonds. The van der Waals surface area contributed by atoms with Crippen LogP contribution in [0.25, 0.3) is 0 Å². The molecule has 0 unspecified atom stereocenters. The van der Waals surface area contributed by atoms with Gasteiger partial charge in [0.2, 0.25) is 17.7 Å². The predicted molar refractivity (Wildman–Crippen MR) is 239 cm³/mol. The van der Waals surface area contributed by atoms with Crippen LogP contribution in [0.4, 0.5) is 0 Å². The van der Waals surface area contributed by atoms with E-state index in [1.165, 1.54) is 75.4 Å². The molecule has 73 heavy (non-hydrogen) atoms. The summed E-state index contributed by atoms with van der Waals surface area (Å²) < 4.78 is 13.9. The van der Waals surface area contributed by atoms with Gasteiger partial charge in [-0.05, 0) is 55.7 Å². The zero-order chi connectivity index (χ0) is 54.0. The van der Waals surface area contributed by atoms with Crippen LogP contribution in [-0.2, 0) is 43.2 Å². The van der Waals surface area contributed by atoms with Crippen LogP contribution in [0, 0.1) is 0 Å². The van der Waals surface area contributed by atoms with Crippen molar-refractivity contribution in [1.82, 2.24) is 0 Å². The van der Waals surface area contributed by atoms with E-state index >= 15 is 0 Å². The molecule has 394 valence electrons. The van der Waals surface area contributed by atoms with Crippen molar-refractivity contribution in [2.45, 2.75) is 77.4 Å². The van der Waals surface area contributed by atoms with Gasteiger partial charge in [0.25, 0.3) is 0 Å². The molecule has 3 atom stereocenters. The number of aromatic carboxylic acids is 3. The Morgan fingerprint density at radius 3 is 0.712 bits per heavy atom. The Morgan fingerprint density at radius 1 is 0.397 bits per heavy atom. The average Bonchev–Trinajstić information content (AvgIpc) is 3.24. The molecule has 3 rings (SSSR count). The molecule has 0 radical (unpaired) electrons. The molecule has 31 heteroatoms. The van der Waals surface area contributed by atoms with Crippen LogP contribution in [0.15, 0.2) is 72.8 Å². The van der Waals surface area contributed by atoms with Crippen molar-refractivity contribution < 1.29 is 113 Å². The third-order valence-electron chi connectivity index (χ3n) is 7.10. The van der Waals surface area contributed by atoms with E-state index in [2.05, 4.69) is 14.2 Å². The van der Waals surface area contributed by atoms with E-state index in [1.54, 1.807) is 18.2 Å². The minimum atomic E-state index is -1.36. The van der Waals surface area contributed by atoms with Crippen molar-refractivity contribution in [2.75, 3.05) is 0 Å². The number of nitrogens with two attached hydrogens (primary N) is 6. The molecule has 0 aromatic heterocycles. The third kappa shape index (κ3) is 42.7. The molecular weight excluding hydrogens is 1010 g/mol. The molecule has 0 saturated heterocycles. The number of primary amides is 3. The normalized spacial score (nSPS) is 10.1. The van der Waals surface area contributed by atoms with Gasteiger partial charge in [-0.1, -0.05) is 36.4 Å². The van der Waals surface area contributed by atoms with Gasteiger partial charge in [0.05, 0.1) is 35.8 Å². The van der Waals surface area contributed by atoms with Gasteiger partial charge in [0.15, 0.2) is 0 Å². The summed E-state index contributed by atoms with van der Waals surface area (Å²) in [5, 5.41) is 61.3. The summed E-state index contributed by atoms with van der Waals surface area (Å²) >= 11 is 0. The van der Waals surface area contributed by atoms with Crippen molar-refractivity contribution in [1.29, 1.82) is 0 Å². The van der Waals surface area contributed by atoms with Crippen LogP contribution < -0.4 is 79.3 Å². The van der Waals surface area contributed by atoms with Crippen molar-refractivity contribution in [3.05, 3.63) is 89.5 Å². The van der Waals surface area contributed by atoms with Gasteiger partial charge in [-0.25, -0.2) is 0 Å². The third-order valence-corrected chi connectivity index (χ3v) is 7.10. The Balaban J connectivity index is -0.000000142. The largest absolute Gasteiger partial charge is 3.00 e. The maximum Gasteiger partial charge on any atom is 3.00 e. The molecule has 0 heterocycles. The molecule has 0 bridgehead atoms. The number of carboxylic acid groups (broad SMARTS) is 6. The molecule has 0 saturated carbocycles. The zero-order valence-corrected chi connectivity index (χ0v) is 41.4. The number of ether oxygens (including phenoxy) is 3. The molecule has 0 fully saturated rings. The van der Waals surface area contributed by atoms with E-state index in [1.807, 2.05) is 0 Å². The van der Waals surface area contributed by atoms with E-state index in [4.69, 9.17) is 34.4 Å². The minimum Gasteiger partial charge on any atom is -0.548 e. The van der Waals surface area contributed by atoms with Gasteiger partial charge in [-0.15, -0.1) is 0 Å². The summed E-state index contributed by atoms with van der Waals surface area (Å²) in [6.07, 6.45) is 0.0619. The molecule has 0 aliphatic rings. The van der Waals surface area contributed by atoms with Gasteiger partial charge in [0.1, 0.15) is 17.2 Å². The van der Waals surface area contributed by atoms with Crippen molar-refractivity contribution >= 4 is 106 Å². The number of carbonyl (C=O) groups excluding carboxylic acids is 12. The van der Waals surface area contributed by atoms with Crippen LogP contribution >= 0.6 is 0 Å². The molecule has 0 spiro atoms. The molecule has 0 aliphatic heterocycles. The SMILES string of the molecule is CC(=O)Oc1ccccc1C(=O)[O-].CC(=O)Oc1ccccc1C(=O)[O-].CC(=O)Oc1ccccc1C(=O)[O-].NC(=O)CC[C@H](N)C(=O)[O-].NC(=O)CC[C@H](N)C(=O)[O-].NC(=O)CC[C@H](N)C(=O)[O-].O.O.[Al+3].[Al+3]. The summed E-state index contributed by atoms with van der Waals surface area (Å²) in [4.78, 5) is 123. The second-order valence-corrected chi connectivity index (χ2v) is 12.9. The van der Waals surface area contributed by atoms with Gasteiger partial charge >= 0.3 is 52.6 Å². The standard InChI is InChI=1S/3C9H8O4.3C5H10N2O3.2Al.2H2O/c3*1-6(10)13-8-5-3-2-4-7(8)9(11)12;3*6-3(5(9)10)1-2-4(7)8;;;;/h3*2-5H,1H3,(H,11,12);3*3H,1-2,6H2,(H2,7,8)(H,9,10);;;2*1H2/q;;;;;;2*+3;;/p-6/t;;;3*3-;;;;/m...000..../s1. The molecule has 29 nitrogen and oxygen atoms in total. The second kappa shape index (κ2) is 44.1. The second-order valence-electron chi connectivity index (χ2n) is 12.9. The first-order chi connectivity index (χ1) is 31.9. The van der Waals surface area contributed by atoms with Gasteiger partial charge < -0.3 is 119 Å². The van der Waals surface area contributed by atoms with Gasteiger partial charge in [-0.3, -0.25) is 28.8 Å². The number of aliphatic carboxylic acids is 3. The Hall–Kier alpha value is -7.84. The first kappa shape index (κ1) is 79.3. The Morgan fingerprint density at radius 2 is 0.575 bits per heavy atom. The maximum atomic E-state index is 10.6. The van der Waals surface area contributed by atoms with Gasteiger partial charge in [-0.2, -0.15) is 0 Å². The number of carboxylic acids is 6. The smallest absolute Gasteiger partial charge is 0.548 e. The Kier molecular flexibility index (Phi) is 47.9. The van der Waals surface area contributed by atoms with Crippen LogP contribution in [0.1, 0.15) is 90.4 Å². The number of carbonyl (C=O) groups is 12. The molecule has 0 aliphatic carbocycles. The van der Waals surface area contributed by atoms with Crippen molar-refractivity contribution in [2.24, 2.45) is 34.4 Å². The number of hydrogen-bond acceptors (Lipinski definition) is 24. The fourth-order valence-corrected chi connectivity index (χ4v) is 3.88. The van der Waals surface area contributed by atoms with Crippen molar-refractivity contribution in [3.63, 3.8) is 0 Å². The summed E-state index contributed by atoms with van der Waals surface area (Å²) in [6, 6.07) is 14.2. The number of amides is 3. The number of benzene rings is 3. The Bertz CT molecular complexity index is 2020. The maximum absolute atomic E-state index is 10.6. The monoisotopic (exact) mass is 1060 g/mol. The summed E-state index contributed by atoms with van der Waals surface area (Å²) in [5.74, 6) is -11.5. The first-order valence-corrected chi connectivity index (χ1v) is 19.1. The van der Waals surface area contributed by atoms with E-state index in [0.717, 1.165) is 0 Å². The molecular formula is C42H52Al2N6O23. The molecule has 16 N–H and O–H groups in total. The number of rotatable bonds is 18. The van der Waals surface area contributed by atoms with Crippen LogP contribution in [0.5, 0.6) is 17.2 Å². The van der Waals surface area contributed by atoms with Crippen molar-refractivity contribution in [3.8, 4) is 17.2 Å². The van der Waals surface area contributed by atoms with Gasteiger partial charge in [0, 0.05) is 74.8 Å². The zero-order valence-electron chi connectivity index (χ0n) is 39.1. The first-order valence-electron chi connectivity index (χ1n) is 19.1. The van der Waals surface area contributed by atoms with E-state index in [0.29, 0.717) is 0 Å².